The fourth-order valence-electron chi connectivity index (χ4n) is 3.07. The Hall–Kier alpha value is -0.430. The van der Waals surface area contributed by atoms with Crippen LogP contribution in [0.1, 0.15) is 31.2 Å². The van der Waals surface area contributed by atoms with E-state index in [-0.39, 0.29) is 0 Å². The van der Waals surface area contributed by atoms with Crippen molar-refractivity contribution in [2.75, 3.05) is 5.75 Å². The lowest BCUT2D eigenvalue weighted by Crippen LogP contribution is -2.21. The SMILES string of the molecule is c1ccc2c(c1)C[C@@H]1CCCC[C@H]1CS2. The molecule has 1 heterocycles. The Morgan fingerprint density at radius 1 is 1.00 bits per heavy atom. The standard InChI is InChI=1S/C14H18S/c1-2-7-13-10-15-14-8-4-3-6-12(14)9-11(13)5-1/h3-4,6,8,11,13H,1-2,5,7,9-10H2/t11-,13-/m0/s1. The quantitative estimate of drug-likeness (QED) is 0.630. The van der Waals surface area contributed by atoms with Crippen molar-refractivity contribution < 1.29 is 0 Å². The Bertz CT molecular complexity index is 345. The minimum absolute atomic E-state index is 0.981. The Morgan fingerprint density at radius 2 is 1.80 bits per heavy atom. The Kier molecular flexibility index (Phi) is 2.74. The molecule has 1 heteroatoms. The number of thioether (sulfide) groups is 1. The molecule has 0 N–H and O–H groups in total. The predicted octanol–water partition coefficient (Wildman–Crippen LogP) is 4.14. The second-order valence-electron chi connectivity index (χ2n) is 4.93. The zero-order chi connectivity index (χ0) is 10.1. The van der Waals surface area contributed by atoms with Crippen molar-refractivity contribution >= 4 is 11.8 Å². The molecule has 1 aromatic rings. The molecule has 0 aromatic heterocycles. The highest BCUT2D eigenvalue weighted by molar-refractivity contribution is 7.99. The highest BCUT2D eigenvalue weighted by atomic mass is 32.2. The van der Waals surface area contributed by atoms with Gasteiger partial charge < -0.3 is 0 Å². The van der Waals surface area contributed by atoms with Crippen molar-refractivity contribution in [3.63, 3.8) is 0 Å². The molecule has 2 atom stereocenters. The molecule has 0 bridgehead atoms. The van der Waals surface area contributed by atoms with Gasteiger partial charge in [-0.2, -0.15) is 0 Å². The smallest absolute Gasteiger partial charge is 0.0104 e. The van der Waals surface area contributed by atoms with E-state index < -0.39 is 0 Å². The Labute approximate surface area is 96.5 Å². The van der Waals surface area contributed by atoms with Gasteiger partial charge in [0.15, 0.2) is 0 Å². The second-order valence-corrected chi connectivity index (χ2v) is 5.99. The van der Waals surface area contributed by atoms with Crippen molar-refractivity contribution in [2.45, 2.75) is 37.0 Å². The number of hydrogen-bond donors (Lipinski definition) is 0. The van der Waals surface area contributed by atoms with Crippen LogP contribution in [-0.2, 0) is 6.42 Å². The zero-order valence-corrected chi connectivity index (χ0v) is 9.93. The molecule has 15 heavy (non-hydrogen) atoms. The van der Waals surface area contributed by atoms with E-state index in [4.69, 9.17) is 0 Å². The van der Waals surface area contributed by atoms with Gasteiger partial charge in [0.1, 0.15) is 0 Å². The van der Waals surface area contributed by atoms with Crippen LogP contribution in [0.25, 0.3) is 0 Å². The van der Waals surface area contributed by atoms with E-state index in [0.717, 1.165) is 11.8 Å². The van der Waals surface area contributed by atoms with E-state index in [0.29, 0.717) is 0 Å². The van der Waals surface area contributed by atoms with Crippen LogP contribution in [0, 0.1) is 11.8 Å². The third-order valence-electron chi connectivity index (χ3n) is 3.97. The normalized spacial score (nSPS) is 30.1. The molecule has 0 unspecified atom stereocenters. The van der Waals surface area contributed by atoms with Gasteiger partial charge >= 0.3 is 0 Å². The molecular formula is C14H18S. The monoisotopic (exact) mass is 218 g/mol. The van der Waals surface area contributed by atoms with Crippen LogP contribution in [0.3, 0.4) is 0 Å². The molecule has 0 amide bonds. The molecule has 0 saturated heterocycles. The summed E-state index contributed by atoms with van der Waals surface area (Å²) in [5.41, 5.74) is 1.61. The topological polar surface area (TPSA) is 0 Å². The zero-order valence-electron chi connectivity index (χ0n) is 9.11. The van der Waals surface area contributed by atoms with Gasteiger partial charge in [0.25, 0.3) is 0 Å². The Balaban J connectivity index is 1.88. The molecule has 1 aliphatic carbocycles. The fraction of sp³-hybridized carbons (Fsp3) is 0.571. The summed E-state index contributed by atoms with van der Waals surface area (Å²) >= 11 is 2.10. The maximum absolute atomic E-state index is 2.33. The number of rotatable bonds is 0. The fourth-order valence-corrected chi connectivity index (χ4v) is 4.41. The second kappa shape index (κ2) is 4.21. The molecular weight excluding hydrogens is 200 g/mol. The summed E-state index contributed by atoms with van der Waals surface area (Å²) in [7, 11) is 0. The predicted molar refractivity (Wildman–Crippen MR) is 66.3 cm³/mol. The molecule has 1 aromatic carbocycles. The van der Waals surface area contributed by atoms with Gasteiger partial charge in [-0.15, -0.1) is 11.8 Å². The summed E-state index contributed by atoms with van der Waals surface area (Å²) < 4.78 is 0. The first-order valence-corrected chi connectivity index (χ1v) is 7.13. The first kappa shape index (κ1) is 9.77. The summed E-state index contributed by atoms with van der Waals surface area (Å²) in [6, 6.07) is 9.01. The van der Waals surface area contributed by atoms with Crippen LogP contribution < -0.4 is 0 Å². The van der Waals surface area contributed by atoms with E-state index in [1.165, 1.54) is 37.9 Å². The molecule has 1 saturated carbocycles. The van der Waals surface area contributed by atoms with Gasteiger partial charge in [-0.25, -0.2) is 0 Å². The lowest BCUT2D eigenvalue weighted by molar-refractivity contribution is 0.260. The molecule has 1 aliphatic heterocycles. The van der Waals surface area contributed by atoms with E-state index in [1.54, 1.807) is 10.5 Å². The van der Waals surface area contributed by atoms with Crippen LogP contribution in [0.5, 0.6) is 0 Å². The maximum atomic E-state index is 2.33. The van der Waals surface area contributed by atoms with E-state index >= 15 is 0 Å². The van der Waals surface area contributed by atoms with Crippen LogP contribution in [0.15, 0.2) is 29.2 Å². The van der Waals surface area contributed by atoms with Crippen LogP contribution in [-0.4, -0.2) is 5.75 Å². The largest absolute Gasteiger partial charge is 0.126 e. The highest BCUT2D eigenvalue weighted by Gasteiger charge is 2.28. The van der Waals surface area contributed by atoms with Crippen LogP contribution >= 0.6 is 11.8 Å². The van der Waals surface area contributed by atoms with Gasteiger partial charge in [-0.05, 0) is 42.7 Å². The molecule has 3 rings (SSSR count). The number of hydrogen-bond acceptors (Lipinski definition) is 1. The van der Waals surface area contributed by atoms with Crippen molar-refractivity contribution in [3.05, 3.63) is 29.8 Å². The number of benzene rings is 1. The van der Waals surface area contributed by atoms with Crippen molar-refractivity contribution in [2.24, 2.45) is 11.8 Å². The van der Waals surface area contributed by atoms with Crippen LogP contribution in [0.2, 0.25) is 0 Å². The average Bonchev–Trinajstić information content (AvgIpc) is 2.48. The molecule has 0 radical (unpaired) electrons. The van der Waals surface area contributed by atoms with Crippen molar-refractivity contribution in [3.8, 4) is 0 Å². The summed E-state index contributed by atoms with van der Waals surface area (Å²) in [5.74, 6) is 3.34. The highest BCUT2D eigenvalue weighted by Crippen LogP contribution is 2.41. The van der Waals surface area contributed by atoms with Gasteiger partial charge in [0, 0.05) is 10.6 Å². The van der Waals surface area contributed by atoms with Gasteiger partial charge in [-0.1, -0.05) is 31.0 Å². The first-order chi connectivity index (χ1) is 7.43. The lowest BCUT2D eigenvalue weighted by Gasteiger charge is -2.29. The minimum Gasteiger partial charge on any atom is -0.126 e. The van der Waals surface area contributed by atoms with Gasteiger partial charge in [0.05, 0.1) is 0 Å². The average molecular weight is 218 g/mol. The molecule has 80 valence electrons. The number of fused-ring (bicyclic) bond motifs is 2. The maximum Gasteiger partial charge on any atom is 0.0104 e. The van der Waals surface area contributed by atoms with E-state index in [9.17, 15) is 0 Å². The van der Waals surface area contributed by atoms with Crippen molar-refractivity contribution in [1.82, 2.24) is 0 Å². The first-order valence-electron chi connectivity index (χ1n) is 6.14. The lowest BCUT2D eigenvalue weighted by atomic mass is 9.77. The third-order valence-corrected chi connectivity index (χ3v) is 5.28. The molecule has 0 spiro atoms. The Morgan fingerprint density at radius 3 is 2.73 bits per heavy atom. The third kappa shape index (κ3) is 1.94. The summed E-state index contributed by atoms with van der Waals surface area (Å²) in [6.45, 7) is 0. The van der Waals surface area contributed by atoms with Gasteiger partial charge in [-0.3, -0.25) is 0 Å². The molecule has 1 fully saturated rings. The molecule has 0 nitrogen and oxygen atoms in total. The summed E-state index contributed by atoms with van der Waals surface area (Å²) in [4.78, 5) is 1.55. The summed E-state index contributed by atoms with van der Waals surface area (Å²) in [6.07, 6.45) is 7.23. The molecule has 2 aliphatic rings. The van der Waals surface area contributed by atoms with E-state index in [2.05, 4.69) is 36.0 Å². The van der Waals surface area contributed by atoms with Crippen molar-refractivity contribution in [1.29, 1.82) is 0 Å². The van der Waals surface area contributed by atoms with Crippen LogP contribution in [0.4, 0.5) is 0 Å². The minimum atomic E-state index is 0.981. The summed E-state index contributed by atoms with van der Waals surface area (Å²) in [5, 5.41) is 0. The van der Waals surface area contributed by atoms with Gasteiger partial charge in [0.2, 0.25) is 0 Å². The van der Waals surface area contributed by atoms with E-state index in [1.807, 2.05) is 0 Å².